The first kappa shape index (κ1) is 34.9. The number of hydrogen-bond donors (Lipinski definition) is 0. The van der Waals surface area contributed by atoms with Gasteiger partial charge in [-0.05, 0) is 60.4 Å². The van der Waals surface area contributed by atoms with E-state index in [0.29, 0.717) is 75.9 Å². The Morgan fingerprint density at radius 1 is 0.409 bits per heavy atom. The molecule has 4 aliphatic rings. The summed E-state index contributed by atoms with van der Waals surface area (Å²) in [6.45, 7) is 10.9. The molecule has 4 aliphatic heterocycles. The fourth-order valence-corrected chi connectivity index (χ4v) is 4.76. The molecule has 0 atom stereocenters. The van der Waals surface area contributed by atoms with Gasteiger partial charge in [0.2, 0.25) is 0 Å². The van der Waals surface area contributed by atoms with E-state index in [4.69, 9.17) is 42.6 Å². The van der Waals surface area contributed by atoms with Crippen LogP contribution in [0.3, 0.4) is 0 Å². The lowest BCUT2D eigenvalue weighted by Crippen LogP contribution is -2.50. The number of carbonyl (C=O) groups is 2. The van der Waals surface area contributed by atoms with E-state index in [1.165, 1.54) is 0 Å². The molecule has 0 amide bonds. The second-order valence-electron chi connectivity index (χ2n) is 10.6. The fourth-order valence-electron chi connectivity index (χ4n) is 4.76. The van der Waals surface area contributed by atoms with Gasteiger partial charge < -0.3 is 42.6 Å². The van der Waals surface area contributed by atoms with Gasteiger partial charge in [-0.2, -0.15) is 0 Å². The van der Waals surface area contributed by atoms with Crippen LogP contribution >= 0.6 is 0 Å². The molecule has 4 bridgehead atoms. The Balaban J connectivity index is 1.59. The SMILES string of the molecule is CC(C)C1(C(C)C)C(=O)OCCOc2ccc(cc2)OCCOCCOCCOCCOc2ccc(cc2)OCCOC1=O. The Labute approximate surface area is 259 Å². The number of esters is 2. The number of carbonyl (C=O) groups excluding carboxylic acids is 2. The monoisotopic (exact) mass is 618 g/mol. The highest BCUT2D eigenvalue weighted by Gasteiger charge is 2.54. The fraction of sp³-hybridized carbons (Fsp3) is 0.576. The van der Waals surface area contributed by atoms with Crippen molar-refractivity contribution in [2.24, 2.45) is 17.3 Å². The van der Waals surface area contributed by atoms with Crippen LogP contribution in [0.1, 0.15) is 27.7 Å². The number of benzene rings is 2. The van der Waals surface area contributed by atoms with Crippen molar-refractivity contribution in [1.82, 2.24) is 0 Å². The number of hydrogen-bond acceptors (Lipinski definition) is 11. The second-order valence-corrected chi connectivity index (χ2v) is 10.6. The van der Waals surface area contributed by atoms with Crippen LogP contribution in [-0.2, 0) is 33.3 Å². The normalized spacial score (nSPS) is 18.9. The van der Waals surface area contributed by atoms with Crippen molar-refractivity contribution in [3.8, 4) is 23.0 Å². The lowest BCUT2D eigenvalue weighted by molar-refractivity contribution is -0.181. The van der Waals surface area contributed by atoms with E-state index in [1.54, 1.807) is 48.5 Å². The zero-order chi connectivity index (χ0) is 31.6. The van der Waals surface area contributed by atoms with Gasteiger partial charge in [0.1, 0.15) is 62.6 Å². The van der Waals surface area contributed by atoms with E-state index < -0.39 is 17.4 Å². The molecule has 6 rings (SSSR count). The minimum Gasteiger partial charge on any atom is -0.491 e. The highest BCUT2D eigenvalue weighted by atomic mass is 16.6. The van der Waals surface area contributed by atoms with Crippen molar-refractivity contribution in [2.75, 3.05) is 79.3 Å². The first-order valence-electron chi connectivity index (χ1n) is 15.1. The molecule has 0 spiro atoms. The van der Waals surface area contributed by atoms with Gasteiger partial charge in [0, 0.05) is 0 Å². The summed E-state index contributed by atoms with van der Waals surface area (Å²) in [5, 5.41) is 0. The summed E-state index contributed by atoms with van der Waals surface area (Å²) in [4.78, 5) is 26.7. The van der Waals surface area contributed by atoms with Crippen molar-refractivity contribution in [3.05, 3.63) is 48.5 Å². The van der Waals surface area contributed by atoms with Crippen molar-refractivity contribution in [2.45, 2.75) is 27.7 Å². The molecule has 2 aromatic rings. The topological polar surface area (TPSA) is 117 Å². The van der Waals surface area contributed by atoms with Crippen LogP contribution in [0.15, 0.2) is 48.5 Å². The van der Waals surface area contributed by atoms with Crippen molar-refractivity contribution in [1.29, 1.82) is 0 Å². The Bertz CT molecular complexity index is 1010. The van der Waals surface area contributed by atoms with Crippen LogP contribution in [0.4, 0.5) is 0 Å². The Morgan fingerprint density at radius 3 is 0.909 bits per heavy atom. The van der Waals surface area contributed by atoms with Gasteiger partial charge in [-0.25, -0.2) is 0 Å². The molecule has 0 saturated carbocycles. The molecule has 44 heavy (non-hydrogen) atoms. The maximum absolute atomic E-state index is 13.3. The van der Waals surface area contributed by atoms with Crippen LogP contribution in [0.5, 0.6) is 23.0 Å². The van der Waals surface area contributed by atoms with E-state index in [2.05, 4.69) is 0 Å². The van der Waals surface area contributed by atoms with Crippen LogP contribution in [0, 0.1) is 17.3 Å². The van der Waals surface area contributed by atoms with Gasteiger partial charge in [-0.3, -0.25) is 9.59 Å². The molecule has 0 unspecified atom stereocenters. The third kappa shape index (κ3) is 10.9. The Hall–Kier alpha value is -3.54. The number of rotatable bonds is 2. The third-order valence-corrected chi connectivity index (χ3v) is 7.05. The highest BCUT2D eigenvalue weighted by Crippen LogP contribution is 2.39. The first-order chi connectivity index (χ1) is 21.3. The van der Waals surface area contributed by atoms with Crippen molar-refractivity contribution < 1.29 is 52.2 Å². The zero-order valence-corrected chi connectivity index (χ0v) is 26.2. The highest BCUT2D eigenvalue weighted by molar-refractivity contribution is 6.00. The van der Waals surface area contributed by atoms with Crippen LogP contribution in [-0.4, -0.2) is 91.2 Å². The molecule has 0 radical (unpaired) electrons. The minimum atomic E-state index is -1.48. The van der Waals surface area contributed by atoms with Crippen molar-refractivity contribution in [3.63, 3.8) is 0 Å². The minimum absolute atomic E-state index is 0.0253. The molecule has 244 valence electrons. The predicted octanol–water partition coefficient (Wildman–Crippen LogP) is 4.35. The average Bonchev–Trinajstić information content (AvgIpc) is 3.00. The summed E-state index contributed by atoms with van der Waals surface area (Å²) in [6.07, 6.45) is 0. The summed E-state index contributed by atoms with van der Waals surface area (Å²) in [7, 11) is 0. The Morgan fingerprint density at radius 2 is 0.636 bits per heavy atom. The summed E-state index contributed by atoms with van der Waals surface area (Å²) >= 11 is 0. The second kappa shape index (κ2) is 19.0. The molecule has 0 aromatic heterocycles. The maximum atomic E-state index is 13.3. The van der Waals surface area contributed by atoms with Gasteiger partial charge in [-0.1, -0.05) is 27.7 Å². The quantitative estimate of drug-likeness (QED) is 0.353. The lowest BCUT2D eigenvalue weighted by atomic mass is 9.69. The van der Waals surface area contributed by atoms with E-state index in [0.717, 1.165) is 0 Å². The van der Waals surface area contributed by atoms with E-state index in [1.807, 2.05) is 27.7 Å². The molecule has 0 N–H and O–H groups in total. The maximum Gasteiger partial charge on any atom is 0.324 e. The van der Waals surface area contributed by atoms with E-state index in [9.17, 15) is 9.59 Å². The third-order valence-electron chi connectivity index (χ3n) is 7.05. The van der Waals surface area contributed by atoms with Gasteiger partial charge in [0.25, 0.3) is 0 Å². The average molecular weight is 619 g/mol. The summed E-state index contributed by atoms with van der Waals surface area (Å²) in [5.41, 5.74) is -1.48. The first-order valence-corrected chi connectivity index (χ1v) is 15.1. The van der Waals surface area contributed by atoms with Gasteiger partial charge in [0.05, 0.1) is 39.6 Å². The molecule has 0 saturated heterocycles. The molecule has 4 heterocycles. The smallest absolute Gasteiger partial charge is 0.324 e. The van der Waals surface area contributed by atoms with E-state index >= 15 is 0 Å². The van der Waals surface area contributed by atoms with Gasteiger partial charge >= 0.3 is 11.9 Å². The van der Waals surface area contributed by atoms with Crippen LogP contribution < -0.4 is 18.9 Å². The lowest BCUT2D eigenvalue weighted by Gasteiger charge is -2.36. The van der Waals surface area contributed by atoms with Crippen molar-refractivity contribution >= 4 is 11.9 Å². The van der Waals surface area contributed by atoms with E-state index in [-0.39, 0.29) is 38.3 Å². The summed E-state index contributed by atoms with van der Waals surface area (Å²) < 4.78 is 50.5. The zero-order valence-electron chi connectivity index (χ0n) is 26.2. The summed E-state index contributed by atoms with van der Waals surface area (Å²) in [6, 6.07) is 14.2. The van der Waals surface area contributed by atoms with Gasteiger partial charge in [0.15, 0.2) is 5.41 Å². The largest absolute Gasteiger partial charge is 0.491 e. The Kier molecular flexibility index (Phi) is 15.1. The molecule has 2 aromatic carbocycles. The van der Waals surface area contributed by atoms with Crippen LogP contribution in [0.2, 0.25) is 0 Å². The molecule has 0 aliphatic carbocycles. The van der Waals surface area contributed by atoms with Gasteiger partial charge in [-0.15, -0.1) is 0 Å². The summed E-state index contributed by atoms with van der Waals surface area (Å²) in [5.74, 6) is 0.538. The van der Waals surface area contributed by atoms with Crippen LogP contribution in [0.25, 0.3) is 0 Å². The standard InChI is InChI=1S/C33H46O11/c1-25(2)33(26(3)4)31(34)43-23-21-41-29-9-5-27(6-10-29)39-19-17-37-15-13-36-14-16-38-18-20-40-28-7-11-30(12-8-28)42-22-24-44-32(33)35/h5-12,25-26H,13-24H2,1-4H3. The molecular formula is C33H46O11. The molecule has 11 nitrogen and oxygen atoms in total. The number of ether oxygens (including phenoxy) is 9. The predicted molar refractivity (Wildman–Crippen MR) is 161 cm³/mol. The molecular weight excluding hydrogens is 572 g/mol. The molecule has 0 fully saturated rings. The molecule has 11 heteroatoms.